The minimum atomic E-state index is -2.42. The fourth-order valence-electron chi connectivity index (χ4n) is 17.5. The Labute approximate surface area is 887 Å². The molecule has 3 saturated carbocycles. The SMILES string of the molecule is COCCOCCOCCOCCOCCOCCOCCOCCOCCOCCOCCOCCOCCOCCOCCOCCOCCOCCOCCOCCOCCOCCOCCOCCC(=O)NCCCCC(NC(=O)CSCC(=O)O[C@@H](C(=O)O[C@H]1C[C@@]2(O)[C@@H](OC(=O)c3ccccc3)[C@@H]3[C@]4(OC(C)=O)CO[C@@H]4C[C@H](O)[C@@]3(C)[C@H](O)[C@H](O)[C@H](C1C)C2(C)C)[C@@H](NC(=O)OC(C)(C)C)c1ccccc1)C(C)=O. The van der Waals surface area contributed by atoms with Crippen molar-refractivity contribution in [1.82, 2.24) is 16.0 Å². The van der Waals surface area contributed by atoms with Gasteiger partial charge in [-0.15, -0.1) is 11.8 Å². The Morgan fingerprint density at radius 1 is 0.473 bits per heavy atom. The molecular formula is C104H173N3O42S. The average molecular weight is 2170 g/mol. The average Bonchev–Trinajstić information content (AvgIpc) is 0.667. The van der Waals surface area contributed by atoms with E-state index < -0.39 is 148 Å². The summed E-state index contributed by atoms with van der Waals surface area (Å²) in [6.07, 6.45) is -12.2. The van der Waals surface area contributed by atoms with Crippen LogP contribution >= 0.6 is 11.8 Å². The number of thioether (sulfide) groups is 1. The summed E-state index contributed by atoms with van der Waals surface area (Å²) >= 11 is 0.800. The highest BCUT2D eigenvalue weighted by atomic mass is 32.2. The molecule has 2 aromatic rings. The molecule has 6 rings (SSSR count). The summed E-state index contributed by atoms with van der Waals surface area (Å²) in [5.41, 5.74) is -8.47. The highest BCUT2D eigenvalue weighted by Crippen LogP contribution is 2.66. The number of ketones is 1. The van der Waals surface area contributed by atoms with Crippen molar-refractivity contribution in [3.05, 3.63) is 71.8 Å². The smallest absolute Gasteiger partial charge is 0.408 e. The zero-order valence-electron chi connectivity index (χ0n) is 89.7. The summed E-state index contributed by atoms with van der Waals surface area (Å²) in [4.78, 5) is 110. The van der Waals surface area contributed by atoms with E-state index in [4.69, 9.17) is 142 Å². The van der Waals surface area contributed by atoms with Crippen molar-refractivity contribution in [3.8, 4) is 0 Å². The predicted molar refractivity (Wildman–Crippen MR) is 541 cm³/mol. The van der Waals surface area contributed by atoms with Gasteiger partial charge in [-0.05, 0) is 70.6 Å². The number of hydrogen-bond donors (Lipinski definition) is 7. The number of carbonyl (C=O) groups excluding carboxylic acids is 8. The summed E-state index contributed by atoms with van der Waals surface area (Å²) < 4.78 is 169. The topological polar surface area (TPSA) is 530 Å². The third-order valence-electron chi connectivity index (χ3n) is 25.2. The van der Waals surface area contributed by atoms with E-state index in [1.54, 1.807) is 97.2 Å². The molecular weight excluding hydrogens is 2000 g/mol. The van der Waals surface area contributed by atoms with Crippen molar-refractivity contribution in [2.24, 2.45) is 28.6 Å². The lowest BCUT2D eigenvalue weighted by atomic mass is 9.42. The molecule has 0 aromatic heterocycles. The molecule has 0 spiro atoms. The van der Waals surface area contributed by atoms with Crippen LogP contribution in [0.3, 0.4) is 0 Å². The second kappa shape index (κ2) is 78.5. The molecule has 4 aliphatic rings. The number of aliphatic hydroxyl groups excluding tert-OH is 3. The Balaban J connectivity index is 0.688. The van der Waals surface area contributed by atoms with Crippen molar-refractivity contribution >= 4 is 59.3 Å². The molecule has 2 aromatic carbocycles. The number of fused-ring (bicyclic) bond motifs is 5. The zero-order chi connectivity index (χ0) is 109. The van der Waals surface area contributed by atoms with Gasteiger partial charge in [-0.2, -0.15) is 0 Å². The van der Waals surface area contributed by atoms with Gasteiger partial charge in [0.15, 0.2) is 11.4 Å². The molecule has 0 radical (unpaired) electrons. The van der Waals surface area contributed by atoms with Crippen LogP contribution in [0.2, 0.25) is 0 Å². The van der Waals surface area contributed by atoms with Crippen LogP contribution in [0.25, 0.3) is 0 Å². The zero-order valence-corrected chi connectivity index (χ0v) is 90.5. The maximum absolute atomic E-state index is 15.4. The first kappa shape index (κ1) is 132. The van der Waals surface area contributed by atoms with E-state index in [9.17, 15) is 54.0 Å². The largest absolute Gasteiger partial charge is 0.459 e. The molecule has 7 N–H and O–H groups in total. The number of methoxy groups -OCH3 is 1. The van der Waals surface area contributed by atoms with Gasteiger partial charge >= 0.3 is 30.0 Å². The molecule has 1 aliphatic heterocycles. The second-order valence-corrected chi connectivity index (χ2v) is 38.6. The fourth-order valence-corrected chi connectivity index (χ4v) is 18.1. The molecule has 1 saturated heterocycles. The van der Waals surface area contributed by atoms with Crippen LogP contribution in [0.15, 0.2) is 60.7 Å². The van der Waals surface area contributed by atoms with E-state index >= 15 is 4.79 Å². The predicted octanol–water partition coefficient (Wildman–Crippen LogP) is 4.05. The van der Waals surface area contributed by atoms with Gasteiger partial charge in [0.1, 0.15) is 35.6 Å². The minimum Gasteiger partial charge on any atom is -0.459 e. The van der Waals surface area contributed by atoms with E-state index in [-0.39, 0.29) is 67.7 Å². The molecule has 4 fully saturated rings. The van der Waals surface area contributed by atoms with Crippen LogP contribution in [-0.2, 0) is 171 Å². The number of Topliss-reactive ketones (excluding diaryl/α,β-unsaturated/α-hetero) is 1. The van der Waals surface area contributed by atoms with Crippen LogP contribution in [-0.4, -0.2) is 476 Å². The van der Waals surface area contributed by atoms with Gasteiger partial charge in [-0.25, -0.2) is 14.4 Å². The number of alkyl carbamates (subject to hydrolysis) is 1. The lowest BCUT2D eigenvalue weighted by molar-refractivity contribution is -0.379. The van der Waals surface area contributed by atoms with Crippen LogP contribution in [0.1, 0.15) is 123 Å². The monoisotopic (exact) mass is 2170 g/mol. The van der Waals surface area contributed by atoms with Gasteiger partial charge in [0.05, 0.1) is 364 Å². The van der Waals surface area contributed by atoms with Crippen LogP contribution < -0.4 is 16.0 Å². The number of hydrogen-bond acceptors (Lipinski definition) is 43. The number of ether oxygens (including phenoxy) is 30. The fraction of sp³-hybridized carbons (Fsp3) is 0.808. The molecule has 862 valence electrons. The van der Waals surface area contributed by atoms with Gasteiger partial charge in [0.2, 0.25) is 17.9 Å². The lowest BCUT2D eigenvalue weighted by Gasteiger charge is -2.70. The number of esters is 4. The number of nitrogens with one attached hydrogen (secondary N) is 3. The molecule has 150 heavy (non-hydrogen) atoms. The van der Waals surface area contributed by atoms with E-state index in [2.05, 4.69) is 16.0 Å². The van der Waals surface area contributed by atoms with Crippen LogP contribution in [0.4, 0.5) is 4.79 Å². The normalized spacial score (nSPS) is 21.9. The summed E-state index contributed by atoms with van der Waals surface area (Å²) in [6.45, 7) is 34.6. The van der Waals surface area contributed by atoms with Gasteiger partial charge in [-0.1, -0.05) is 76.2 Å². The van der Waals surface area contributed by atoms with Crippen molar-refractivity contribution in [3.63, 3.8) is 0 Å². The Kier molecular flexibility index (Phi) is 69.1. The minimum absolute atomic E-state index is 0.0474. The number of carbonyl (C=O) groups is 8. The van der Waals surface area contributed by atoms with Crippen molar-refractivity contribution in [2.45, 2.75) is 172 Å². The highest BCUT2D eigenvalue weighted by Gasteiger charge is 2.79. The van der Waals surface area contributed by atoms with Crippen LogP contribution in [0.5, 0.6) is 0 Å². The van der Waals surface area contributed by atoms with Crippen molar-refractivity contribution < 1.29 is 201 Å². The first-order valence-electron chi connectivity index (χ1n) is 52.2. The Morgan fingerprint density at radius 2 is 0.847 bits per heavy atom. The quantitative estimate of drug-likeness (QED) is 0.0279. The second-order valence-electron chi connectivity index (χ2n) is 37.6. The van der Waals surface area contributed by atoms with Gasteiger partial charge in [0.25, 0.3) is 0 Å². The van der Waals surface area contributed by atoms with E-state index in [0.717, 1.165) is 18.7 Å². The summed E-state index contributed by atoms with van der Waals surface area (Å²) in [7, 11) is 1.64. The van der Waals surface area contributed by atoms with Crippen molar-refractivity contribution in [1.29, 1.82) is 0 Å². The van der Waals surface area contributed by atoms with Crippen LogP contribution in [0, 0.1) is 28.6 Å². The molecule has 2 bridgehead atoms. The molecule has 2 unspecified atom stereocenters. The molecule has 45 nitrogen and oxygen atoms in total. The number of amides is 3. The molecule has 1 heterocycles. The number of aliphatic hydroxyl groups is 4. The maximum Gasteiger partial charge on any atom is 0.408 e. The summed E-state index contributed by atoms with van der Waals surface area (Å²) in [5, 5.41) is 60.0. The molecule has 15 atom stereocenters. The van der Waals surface area contributed by atoms with E-state index in [1.165, 1.54) is 26.0 Å². The maximum atomic E-state index is 15.4. The summed E-state index contributed by atoms with van der Waals surface area (Å²) in [6, 6.07) is 13.4. The number of unbranched alkanes of at least 4 members (excludes halogenated alkanes) is 1. The Bertz CT molecular complexity index is 3900. The first-order chi connectivity index (χ1) is 72.5. The molecule has 46 heteroatoms. The lowest BCUT2D eigenvalue weighted by Crippen LogP contribution is -2.83. The molecule has 3 aliphatic carbocycles. The molecule has 3 amide bonds. The number of benzene rings is 2. The number of rotatable bonds is 92. The van der Waals surface area contributed by atoms with E-state index in [0.29, 0.717) is 317 Å². The third-order valence-corrected chi connectivity index (χ3v) is 26.1. The van der Waals surface area contributed by atoms with Gasteiger partial charge in [-0.3, -0.25) is 24.0 Å². The Hall–Kier alpha value is -6.61. The van der Waals surface area contributed by atoms with Gasteiger partial charge in [0, 0.05) is 56.6 Å². The first-order valence-corrected chi connectivity index (χ1v) is 53.4. The highest BCUT2D eigenvalue weighted by molar-refractivity contribution is 8.00. The van der Waals surface area contributed by atoms with E-state index in [1.807, 2.05) is 0 Å². The van der Waals surface area contributed by atoms with Crippen molar-refractivity contribution in [2.75, 3.05) is 342 Å². The third kappa shape index (κ3) is 51.6. The van der Waals surface area contributed by atoms with Gasteiger partial charge < -0.3 is 178 Å². The standard InChI is InChI=1S/C104H173N3O42S/c1-78-84(74-104(119)96(147-97(116)82-21-15-12-16-22-82)94-102(9,95(115)92(114)90(78)101(104,7)8)85(110)73-86-103(94,77-144-86)148-80(3)109)145-98(117)93(91(81-19-13-11-14-20-81)107-99(118)149-100(4,5)6)146-89(113)76-150-75-88(112)106-83(79(2)108)23-17-18-25-105-87(111)24-26-121-29-30-123-33-34-125-37-38-127-41-42-129-45-46-131-49-50-133-53-54-135-57-58-137-61-62-139-65-66-141-69-70-143-72-71-142-68-67-140-64-63-138-60-59-136-56-55-134-52-51-132-48-47-130-44-43-128-40-39-126-36-35-124-32-31-122-28-27-120-10/h11-16,19-22,78,83-86,90-96,110,114-115,119H,17-18,23-77H2,1-10H3,(H,105,111)(H,106,112)(H,107,118)/t78?,83?,84-,85-,86+,90-,91-,92+,93+,94-,95+,96-,102+,103-,104+/m0/s1. The summed E-state index contributed by atoms with van der Waals surface area (Å²) in [5.74, 6) is -9.91. The Morgan fingerprint density at radius 3 is 1.20 bits per heavy atom.